The van der Waals surface area contributed by atoms with Crippen LogP contribution in [-0.4, -0.2) is 37.5 Å². The van der Waals surface area contributed by atoms with Gasteiger partial charge in [-0.2, -0.15) is 9.97 Å². The molecule has 0 saturated heterocycles. The van der Waals surface area contributed by atoms with Gasteiger partial charge >= 0.3 is 6.01 Å². The van der Waals surface area contributed by atoms with Crippen LogP contribution in [0.5, 0.6) is 11.9 Å². The Kier molecular flexibility index (Phi) is 3.98. The molecule has 2 rings (SSSR count). The van der Waals surface area contributed by atoms with Crippen molar-refractivity contribution in [3.63, 3.8) is 0 Å². The highest BCUT2D eigenvalue weighted by molar-refractivity contribution is 7.98. The van der Waals surface area contributed by atoms with Crippen molar-refractivity contribution < 1.29 is 4.74 Å². The van der Waals surface area contributed by atoms with Crippen LogP contribution in [0.3, 0.4) is 0 Å². The first kappa shape index (κ1) is 12.6. The van der Waals surface area contributed by atoms with Crippen LogP contribution in [0.15, 0.2) is 17.6 Å². The molecule has 18 heavy (non-hydrogen) atoms. The molecule has 2 aromatic heterocycles. The third kappa shape index (κ3) is 3.10. The SMILES string of the molecule is CCNc1cc(Oc2ncn(C)n2)nc(SC)n1. The molecule has 0 radical (unpaired) electrons. The first-order chi connectivity index (χ1) is 8.71. The third-order valence-corrected chi connectivity index (χ3v) is 2.54. The number of thioether (sulfide) groups is 1. The topological polar surface area (TPSA) is 77.8 Å². The van der Waals surface area contributed by atoms with E-state index in [-0.39, 0.29) is 6.01 Å². The lowest BCUT2D eigenvalue weighted by Crippen LogP contribution is -2.02. The molecular formula is C10H14N6OS. The van der Waals surface area contributed by atoms with Crippen LogP contribution in [0.1, 0.15) is 6.92 Å². The average molecular weight is 266 g/mol. The van der Waals surface area contributed by atoms with E-state index in [9.17, 15) is 0 Å². The number of rotatable bonds is 5. The van der Waals surface area contributed by atoms with E-state index >= 15 is 0 Å². The van der Waals surface area contributed by atoms with Gasteiger partial charge in [0.25, 0.3) is 0 Å². The molecule has 96 valence electrons. The summed E-state index contributed by atoms with van der Waals surface area (Å²) in [4.78, 5) is 12.5. The summed E-state index contributed by atoms with van der Waals surface area (Å²) in [5.41, 5.74) is 0. The van der Waals surface area contributed by atoms with Crippen molar-refractivity contribution in [3.05, 3.63) is 12.4 Å². The summed E-state index contributed by atoms with van der Waals surface area (Å²) in [7, 11) is 1.78. The molecule has 7 nitrogen and oxygen atoms in total. The van der Waals surface area contributed by atoms with E-state index in [0.717, 1.165) is 12.4 Å². The number of hydrogen-bond donors (Lipinski definition) is 1. The van der Waals surface area contributed by atoms with Crippen molar-refractivity contribution in [2.24, 2.45) is 7.05 Å². The van der Waals surface area contributed by atoms with Crippen molar-refractivity contribution >= 4 is 17.6 Å². The zero-order chi connectivity index (χ0) is 13.0. The van der Waals surface area contributed by atoms with Gasteiger partial charge in [-0.15, -0.1) is 5.10 Å². The van der Waals surface area contributed by atoms with Gasteiger partial charge in [-0.1, -0.05) is 11.8 Å². The molecular weight excluding hydrogens is 252 g/mol. The molecule has 0 saturated carbocycles. The second kappa shape index (κ2) is 5.67. The van der Waals surface area contributed by atoms with Crippen LogP contribution in [0.25, 0.3) is 0 Å². The van der Waals surface area contributed by atoms with Gasteiger partial charge in [-0.05, 0) is 13.2 Å². The first-order valence-electron chi connectivity index (χ1n) is 5.41. The van der Waals surface area contributed by atoms with E-state index in [1.54, 1.807) is 24.1 Å². The van der Waals surface area contributed by atoms with E-state index in [4.69, 9.17) is 4.74 Å². The van der Waals surface area contributed by atoms with Gasteiger partial charge in [0.15, 0.2) is 5.16 Å². The summed E-state index contributed by atoms with van der Waals surface area (Å²) >= 11 is 1.45. The largest absolute Gasteiger partial charge is 0.404 e. The lowest BCUT2D eigenvalue weighted by Gasteiger charge is -2.06. The lowest BCUT2D eigenvalue weighted by molar-refractivity contribution is 0.417. The lowest BCUT2D eigenvalue weighted by atomic mass is 10.5. The highest BCUT2D eigenvalue weighted by Crippen LogP contribution is 2.21. The number of aryl methyl sites for hydroxylation is 1. The Morgan fingerprint density at radius 2 is 2.28 bits per heavy atom. The van der Waals surface area contributed by atoms with Gasteiger partial charge in [0.05, 0.1) is 0 Å². The Balaban J connectivity index is 2.23. The fourth-order valence-corrected chi connectivity index (χ4v) is 1.65. The zero-order valence-electron chi connectivity index (χ0n) is 10.4. The fraction of sp³-hybridized carbons (Fsp3) is 0.400. The summed E-state index contributed by atoms with van der Waals surface area (Å²) in [6.45, 7) is 2.79. The molecule has 0 aliphatic heterocycles. The molecule has 2 heterocycles. The molecule has 0 aliphatic carbocycles. The van der Waals surface area contributed by atoms with Crippen LogP contribution >= 0.6 is 11.8 Å². The minimum absolute atomic E-state index is 0.269. The number of nitrogens with one attached hydrogen (secondary N) is 1. The molecule has 0 fully saturated rings. The van der Waals surface area contributed by atoms with E-state index in [1.165, 1.54) is 11.8 Å². The molecule has 0 atom stereocenters. The summed E-state index contributed by atoms with van der Waals surface area (Å²) in [5, 5.41) is 7.79. The van der Waals surface area contributed by atoms with E-state index < -0.39 is 0 Å². The molecule has 0 unspecified atom stereocenters. The summed E-state index contributed by atoms with van der Waals surface area (Å²) in [6.07, 6.45) is 3.48. The maximum absolute atomic E-state index is 5.48. The smallest absolute Gasteiger partial charge is 0.342 e. The van der Waals surface area contributed by atoms with Gasteiger partial charge in [-0.25, -0.2) is 4.98 Å². The minimum Gasteiger partial charge on any atom is -0.404 e. The van der Waals surface area contributed by atoms with Crippen molar-refractivity contribution in [3.8, 4) is 11.9 Å². The van der Waals surface area contributed by atoms with Gasteiger partial charge in [0.2, 0.25) is 5.88 Å². The molecule has 8 heteroatoms. The quantitative estimate of drug-likeness (QED) is 0.649. The molecule has 0 aromatic carbocycles. The number of ether oxygens (including phenoxy) is 1. The molecule has 0 amide bonds. The third-order valence-electron chi connectivity index (χ3n) is 2.00. The number of hydrogen-bond acceptors (Lipinski definition) is 7. The monoisotopic (exact) mass is 266 g/mol. The molecule has 0 aliphatic rings. The average Bonchev–Trinajstić information content (AvgIpc) is 2.75. The van der Waals surface area contributed by atoms with Crippen LogP contribution < -0.4 is 10.1 Å². The van der Waals surface area contributed by atoms with Crippen LogP contribution in [0, 0.1) is 0 Å². The second-order valence-electron chi connectivity index (χ2n) is 3.41. The molecule has 1 N–H and O–H groups in total. The number of nitrogens with zero attached hydrogens (tertiary/aromatic N) is 5. The summed E-state index contributed by atoms with van der Waals surface area (Å²) in [6, 6.07) is 1.99. The van der Waals surface area contributed by atoms with Crippen molar-refractivity contribution in [1.29, 1.82) is 0 Å². The number of aromatic nitrogens is 5. The Morgan fingerprint density at radius 1 is 1.44 bits per heavy atom. The van der Waals surface area contributed by atoms with Crippen molar-refractivity contribution in [1.82, 2.24) is 24.7 Å². The summed E-state index contributed by atoms with van der Waals surface area (Å²) < 4.78 is 7.05. The predicted molar refractivity (Wildman–Crippen MR) is 69.1 cm³/mol. The number of anilines is 1. The standard InChI is InChI=1S/C10H14N6OS/c1-4-11-7-5-8(14-10(13-7)18-3)17-9-12-6-16(2)15-9/h5-6H,4H2,1-3H3,(H,11,13,14). The highest BCUT2D eigenvalue weighted by atomic mass is 32.2. The molecule has 0 spiro atoms. The normalized spacial score (nSPS) is 10.4. The first-order valence-corrected chi connectivity index (χ1v) is 6.64. The Bertz CT molecular complexity index is 529. The van der Waals surface area contributed by atoms with Gasteiger partial charge < -0.3 is 10.1 Å². The van der Waals surface area contributed by atoms with E-state index in [1.807, 2.05) is 13.2 Å². The maximum atomic E-state index is 5.48. The van der Waals surface area contributed by atoms with Gasteiger partial charge in [-0.3, -0.25) is 4.68 Å². The zero-order valence-corrected chi connectivity index (χ0v) is 11.2. The Hall–Kier alpha value is -1.83. The van der Waals surface area contributed by atoms with Crippen molar-refractivity contribution in [2.75, 3.05) is 18.1 Å². The van der Waals surface area contributed by atoms with Gasteiger partial charge in [0.1, 0.15) is 12.1 Å². The molecule has 2 aromatic rings. The van der Waals surface area contributed by atoms with E-state index in [2.05, 4.69) is 25.4 Å². The Labute approximate surface area is 109 Å². The Morgan fingerprint density at radius 3 is 2.89 bits per heavy atom. The molecule has 0 bridgehead atoms. The van der Waals surface area contributed by atoms with E-state index in [0.29, 0.717) is 11.0 Å². The van der Waals surface area contributed by atoms with Gasteiger partial charge in [0, 0.05) is 19.7 Å². The second-order valence-corrected chi connectivity index (χ2v) is 4.18. The minimum atomic E-state index is 0.269. The fourth-order valence-electron chi connectivity index (χ4n) is 1.28. The summed E-state index contributed by atoms with van der Waals surface area (Å²) in [5.74, 6) is 1.15. The predicted octanol–water partition coefficient (Wildman–Crippen LogP) is 1.55. The van der Waals surface area contributed by atoms with Crippen molar-refractivity contribution in [2.45, 2.75) is 12.1 Å². The highest BCUT2D eigenvalue weighted by Gasteiger charge is 2.08. The van der Waals surface area contributed by atoms with Crippen LogP contribution in [0.2, 0.25) is 0 Å². The van der Waals surface area contributed by atoms with Crippen LogP contribution in [0.4, 0.5) is 5.82 Å². The van der Waals surface area contributed by atoms with Crippen LogP contribution in [-0.2, 0) is 7.05 Å². The maximum Gasteiger partial charge on any atom is 0.342 e.